The molecule has 0 aliphatic carbocycles. The third-order valence-corrected chi connectivity index (χ3v) is 3.89. The van der Waals surface area contributed by atoms with Crippen LogP contribution < -0.4 is 0 Å². The fourth-order valence-corrected chi connectivity index (χ4v) is 2.98. The first kappa shape index (κ1) is 14.4. The Labute approximate surface area is 131 Å². The molecule has 0 aromatic carbocycles. The van der Waals surface area contributed by atoms with E-state index in [0.717, 1.165) is 0 Å². The van der Waals surface area contributed by atoms with Gasteiger partial charge in [-0.1, -0.05) is 11.6 Å². The zero-order valence-electron chi connectivity index (χ0n) is 9.89. The van der Waals surface area contributed by atoms with Crippen molar-refractivity contribution in [2.45, 2.75) is 24.5 Å². The van der Waals surface area contributed by atoms with Gasteiger partial charge in [-0.25, -0.2) is 15.0 Å². The Morgan fingerprint density at radius 2 is 2.10 bits per heavy atom. The van der Waals surface area contributed by atoms with Crippen LogP contribution in [0.15, 0.2) is 6.33 Å². The summed E-state index contributed by atoms with van der Waals surface area (Å²) in [5.74, 6) is 0. The Kier molecular flexibility index (Phi) is 3.81. The topological polar surface area (TPSA) is 114 Å². The van der Waals surface area contributed by atoms with Gasteiger partial charge in [0.1, 0.15) is 23.8 Å². The van der Waals surface area contributed by atoms with E-state index in [4.69, 9.17) is 21.4 Å². The van der Waals surface area contributed by atoms with E-state index in [1.54, 1.807) is 0 Å². The molecule has 1 saturated heterocycles. The van der Waals surface area contributed by atoms with E-state index in [-0.39, 0.29) is 5.15 Å². The summed E-state index contributed by atoms with van der Waals surface area (Å²) < 4.78 is 7.33. The molecule has 3 N–H and O–H groups in total. The SMILES string of the molecule is OCC1OC(n2cnc3c(Cl)nc(I)nc32)[C@H](O)[C@@H]1O. The average Bonchev–Trinajstić information content (AvgIpc) is 2.93. The Morgan fingerprint density at radius 1 is 1.35 bits per heavy atom. The van der Waals surface area contributed by atoms with Gasteiger partial charge in [-0.2, -0.15) is 0 Å². The Balaban J connectivity index is 2.07. The Bertz CT molecular complexity index is 653. The van der Waals surface area contributed by atoms with E-state index in [1.807, 2.05) is 22.6 Å². The van der Waals surface area contributed by atoms with Gasteiger partial charge < -0.3 is 20.1 Å². The molecule has 3 heterocycles. The lowest BCUT2D eigenvalue weighted by atomic mass is 10.1. The zero-order valence-corrected chi connectivity index (χ0v) is 12.8. The summed E-state index contributed by atoms with van der Waals surface area (Å²) in [6.45, 7) is -0.394. The number of aromatic nitrogens is 4. The number of fused-ring (bicyclic) bond motifs is 1. The van der Waals surface area contributed by atoms with Gasteiger partial charge in [0.2, 0.25) is 0 Å². The molecule has 1 aliphatic rings. The quantitative estimate of drug-likeness (QED) is 0.352. The minimum Gasteiger partial charge on any atom is -0.394 e. The third kappa shape index (κ3) is 2.18. The van der Waals surface area contributed by atoms with E-state index in [0.29, 0.717) is 15.0 Å². The lowest BCUT2D eigenvalue weighted by Crippen LogP contribution is -2.33. The number of ether oxygens (including phenoxy) is 1. The first-order chi connectivity index (χ1) is 9.52. The first-order valence-electron chi connectivity index (χ1n) is 5.71. The van der Waals surface area contributed by atoms with Crippen LogP contribution in [-0.4, -0.2) is 59.8 Å². The highest BCUT2D eigenvalue weighted by Gasteiger charge is 2.44. The minimum absolute atomic E-state index is 0.199. The maximum absolute atomic E-state index is 10.0. The van der Waals surface area contributed by atoms with Crippen molar-refractivity contribution in [3.05, 3.63) is 15.3 Å². The molecule has 0 amide bonds. The molecule has 4 atom stereocenters. The highest BCUT2D eigenvalue weighted by molar-refractivity contribution is 14.1. The summed E-state index contributed by atoms with van der Waals surface area (Å²) in [7, 11) is 0. The molecule has 3 rings (SSSR count). The Morgan fingerprint density at radius 3 is 2.75 bits per heavy atom. The predicted octanol–water partition coefficient (Wildman–Crippen LogP) is -0.304. The second-order valence-electron chi connectivity index (χ2n) is 4.34. The van der Waals surface area contributed by atoms with Crippen molar-refractivity contribution >= 4 is 45.4 Å². The van der Waals surface area contributed by atoms with Gasteiger partial charge in [0.05, 0.1) is 12.9 Å². The normalized spacial score (nSPS) is 30.2. The highest BCUT2D eigenvalue weighted by atomic mass is 127. The van der Waals surface area contributed by atoms with Gasteiger partial charge in [0, 0.05) is 22.6 Å². The molecule has 1 aliphatic heterocycles. The van der Waals surface area contributed by atoms with Gasteiger partial charge in [-0.05, 0) is 0 Å². The maximum atomic E-state index is 10.0. The minimum atomic E-state index is -1.20. The number of hydrogen-bond acceptors (Lipinski definition) is 7. The smallest absolute Gasteiger partial charge is 0.194 e. The summed E-state index contributed by atoms with van der Waals surface area (Å²) in [6.07, 6.45) is -2.73. The molecule has 8 nitrogen and oxygen atoms in total. The van der Waals surface area contributed by atoms with Gasteiger partial charge in [-0.3, -0.25) is 4.57 Å². The number of aliphatic hydroxyl groups excluding tert-OH is 3. The van der Waals surface area contributed by atoms with Crippen LogP contribution in [0.1, 0.15) is 6.23 Å². The summed E-state index contributed by atoms with van der Waals surface area (Å²) in [6, 6.07) is 0. The molecule has 20 heavy (non-hydrogen) atoms. The van der Waals surface area contributed by atoms with Crippen molar-refractivity contribution in [3.8, 4) is 0 Å². The molecule has 0 saturated carbocycles. The number of rotatable bonds is 2. The summed E-state index contributed by atoms with van der Waals surface area (Å²) >= 11 is 7.89. The van der Waals surface area contributed by atoms with Crippen LogP contribution in [0.25, 0.3) is 11.2 Å². The molecule has 1 fully saturated rings. The molecule has 10 heteroatoms. The number of aliphatic hydroxyl groups is 3. The first-order valence-corrected chi connectivity index (χ1v) is 7.16. The van der Waals surface area contributed by atoms with Gasteiger partial charge in [-0.15, -0.1) is 0 Å². The zero-order chi connectivity index (χ0) is 14.4. The van der Waals surface area contributed by atoms with Crippen molar-refractivity contribution in [2.75, 3.05) is 6.61 Å². The molecular weight excluding hydrogens is 402 g/mol. The maximum Gasteiger partial charge on any atom is 0.194 e. The van der Waals surface area contributed by atoms with Crippen LogP contribution in [0.5, 0.6) is 0 Å². The number of imidazole rings is 1. The average molecular weight is 413 g/mol. The van der Waals surface area contributed by atoms with E-state index in [9.17, 15) is 10.2 Å². The van der Waals surface area contributed by atoms with E-state index in [1.165, 1.54) is 10.9 Å². The lowest BCUT2D eigenvalue weighted by molar-refractivity contribution is -0.0511. The summed E-state index contributed by atoms with van der Waals surface area (Å²) in [4.78, 5) is 12.3. The van der Waals surface area contributed by atoms with Crippen LogP contribution in [0.2, 0.25) is 5.15 Å². The second-order valence-corrected chi connectivity index (χ2v) is 5.66. The van der Waals surface area contributed by atoms with Crippen LogP contribution in [0, 0.1) is 3.83 Å². The lowest BCUT2D eigenvalue weighted by Gasteiger charge is -2.16. The largest absolute Gasteiger partial charge is 0.394 e. The van der Waals surface area contributed by atoms with E-state index >= 15 is 0 Å². The van der Waals surface area contributed by atoms with Gasteiger partial charge in [0.25, 0.3) is 0 Å². The molecule has 0 spiro atoms. The van der Waals surface area contributed by atoms with Crippen molar-refractivity contribution in [1.82, 2.24) is 19.5 Å². The fraction of sp³-hybridized carbons (Fsp3) is 0.500. The molecular formula is C10H10ClIN4O4. The molecule has 0 bridgehead atoms. The van der Waals surface area contributed by atoms with E-state index in [2.05, 4.69) is 15.0 Å². The number of hydrogen-bond donors (Lipinski definition) is 3. The summed E-state index contributed by atoms with van der Waals surface area (Å²) in [5, 5.41) is 29.1. The molecule has 2 aromatic heterocycles. The van der Waals surface area contributed by atoms with Crippen LogP contribution in [-0.2, 0) is 4.74 Å². The number of nitrogens with zero attached hydrogens (tertiary/aromatic N) is 4. The predicted molar refractivity (Wildman–Crippen MR) is 76.1 cm³/mol. The standard InChI is InChI=1S/C10H10ClIN4O4/c11-7-4-8(15-10(12)14-7)16(2-13-4)9-6(19)5(18)3(1-17)20-9/h2-3,5-6,9,17-19H,1H2/t3?,5-,6-,9?/m1/s1. The number of halogens is 2. The van der Waals surface area contributed by atoms with Gasteiger partial charge in [0.15, 0.2) is 20.9 Å². The van der Waals surface area contributed by atoms with Gasteiger partial charge >= 0.3 is 0 Å². The summed E-state index contributed by atoms with van der Waals surface area (Å²) in [5.41, 5.74) is 0.772. The Hall–Kier alpha value is -0.590. The van der Waals surface area contributed by atoms with Crippen molar-refractivity contribution < 1.29 is 20.1 Å². The fourth-order valence-electron chi connectivity index (χ4n) is 2.15. The molecule has 108 valence electrons. The van der Waals surface area contributed by atoms with E-state index < -0.39 is 31.1 Å². The van der Waals surface area contributed by atoms with Crippen LogP contribution in [0.4, 0.5) is 0 Å². The van der Waals surface area contributed by atoms with Crippen molar-refractivity contribution in [3.63, 3.8) is 0 Å². The second kappa shape index (κ2) is 5.31. The van der Waals surface area contributed by atoms with Crippen molar-refractivity contribution in [1.29, 1.82) is 0 Å². The third-order valence-electron chi connectivity index (χ3n) is 3.14. The van der Waals surface area contributed by atoms with Crippen LogP contribution >= 0.6 is 34.2 Å². The highest BCUT2D eigenvalue weighted by Crippen LogP contribution is 2.32. The molecule has 2 unspecified atom stereocenters. The van der Waals surface area contributed by atoms with Crippen LogP contribution in [0.3, 0.4) is 0 Å². The molecule has 2 aromatic rings. The molecule has 0 radical (unpaired) electrons. The monoisotopic (exact) mass is 412 g/mol. The van der Waals surface area contributed by atoms with Crippen molar-refractivity contribution in [2.24, 2.45) is 0 Å².